The highest BCUT2D eigenvalue weighted by Gasteiger charge is 2.08. The van der Waals surface area contributed by atoms with E-state index in [2.05, 4.69) is 21.6 Å². The van der Waals surface area contributed by atoms with E-state index in [9.17, 15) is 4.79 Å². The van der Waals surface area contributed by atoms with Crippen molar-refractivity contribution in [3.05, 3.63) is 28.8 Å². The molecule has 0 atom stereocenters. The van der Waals surface area contributed by atoms with Crippen LogP contribution in [0, 0.1) is 13.8 Å². The Morgan fingerprint density at radius 2 is 1.96 bits per heavy atom. The summed E-state index contributed by atoms with van der Waals surface area (Å²) in [5.74, 6) is 0.0750. The number of anilines is 1. The lowest BCUT2D eigenvalue weighted by Gasteiger charge is -2.09. The molecule has 0 spiro atoms. The average molecular weight is 401 g/mol. The number of unbranched alkanes of at least 4 members (excludes halogenated alkanes) is 3. The summed E-state index contributed by atoms with van der Waals surface area (Å²) in [5, 5.41) is 12.1. The monoisotopic (exact) mass is 400 g/mol. The van der Waals surface area contributed by atoms with E-state index < -0.39 is 0 Å². The number of carbonyl (C=O) groups excluding carboxylic acids is 1. The van der Waals surface area contributed by atoms with E-state index in [0.717, 1.165) is 57.7 Å². The van der Waals surface area contributed by atoms with Gasteiger partial charge in [-0.3, -0.25) is 4.79 Å². The predicted octanol–water partition coefficient (Wildman–Crippen LogP) is 4.58. The molecule has 5 nitrogen and oxygen atoms in total. The minimum absolute atomic E-state index is 0. The number of benzene rings is 1. The number of hydrogen-bond donors (Lipinski definition) is 2. The summed E-state index contributed by atoms with van der Waals surface area (Å²) in [4.78, 5) is 13.1. The quantitative estimate of drug-likeness (QED) is 0.602. The number of halogens is 1. The number of aryl methyl sites for hydroxylation is 2. The molecule has 8 heteroatoms. The maximum Gasteiger partial charge on any atom is 0.224 e. The highest BCUT2D eigenvalue weighted by molar-refractivity contribution is 8.01. The number of nitrogens with one attached hydrogen (secondary N) is 1. The Kier molecular flexibility index (Phi) is 10.0. The number of rotatable bonds is 9. The second-order valence-corrected chi connectivity index (χ2v) is 8.17. The van der Waals surface area contributed by atoms with Crippen molar-refractivity contribution < 1.29 is 4.79 Å². The molecule has 138 valence electrons. The van der Waals surface area contributed by atoms with Crippen molar-refractivity contribution in [1.82, 2.24) is 10.2 Å². The fourth-order valence-corrected chi connectivity index (χ4v) is 4.14. The highest BCUT2D eigenvalue weighted by Crippen LogP contribution is 2.32. The van der Waals surface area contributed by atoms with Gasteiger partial charge in [0, 0.05) is 17.0 Å². The molecule has 3 N–H and O–H groups in total. The third kappa shape index (κ3) is 7.73. The van der Waals surface area contributed by atoms with Gasteiger partial charge >= 0.3 is 0 Å². The number of aromatic nitrogens is 2. The zero-order chi connectivity index (χ0) is 17.4. The van der Waals surface area contributed by atoms with Gasteiger partial charge in [0.05, 0.1) is 0 Å². The van der Waals surface area contributed by atoms with Crippen LogP contribution in [0.1, 0.15) is 42.7 Å². The van der Waals surface area contributed by atoms with Crippen molar-refractivity contribution in [2.24, 2.45) is 5.73 Å². The number of amides is 1. The first kappa shape index (κ1) is 21.9. The summed E-state index contributed by atoms with van der Waals surface area (Å²) in [6.45, 7) is 4.68. The maximum atomic E-state index is 12.0. The number of hydrogen-bond acceptors (Lipinski definition) is 6. The van der Waals surface area contributed by atoms with Crippen LogP contribution in [-0.2, 0) is 4.79 Å². The molecule has 2 aromatic rings. The van der Waals surface area contributed by atoms with Crippen LogP contribution in [0.2, 0.25) is 0 Å². The molecule has 1 aromatic carbocycles. The van der Waals surface area contributed by atoms with Crippen LogP contribution in [0.15, 0.2) is 27.4 Å². The fourth-order valence-electron chi connectivity index (χ4n) is 2.26. The van der Waals surface area contributed by atoms with Crippen LogP contribution >= 0.6 is 35.5 Å². The molecule has 25 heavy (non-hydrogen) atoms. The minimum Gasteiger partial charge on any atom is -0.330 e. The largest absolute Gasteiger partial charge is 0.330 e. The molecule has 0 unspecified atom stereocenters. The van der Waals surface area contributed by atoms with Gasteiger partial charge in [-0.2, -0.15) is 0 Å². The topological polar surface area (TPSA) is 80.9 Å². The molecule has 0 bridgehead atoms. The molecule has 1 aromatic heterocycles. The second-order valence-electron chi connectivity index (χ2n) is 5.67. The van der Waals surface area contributed by atoms with Crippen molar-refractivity contribution in [2.75, 3.05) is 11.9 Å². The smallest absolute Gasteiger partial charge is 0.224 e. The Bertz CT molecular complexity index is 678. The van der Waals surface area contributed by atoms with Gasteiger partial charge in [0.15, 0.2) is 4.34 Å². The zero-order valence-electron chi connectivity index (χ0n) is 14.6. The highest BCUT2D eigenvalue weighted by atomic mass is 35.5. The Morgan fingerprint density at radius 3 is 2.60 bits per heavy atom. The molecule has 0 saturated carbocycles. The van der Waals surface area contributed by atoms with Crippen LogP contribution in [-0.4, -0.2) is 22.6 Å². The third-order valence-electron chi connectivity index (χ3n) is 3.54. The van der Waals surface area contributed by atoms with E-state index >= 15 is 0 Å². The van der Waals surface area contributed by atoms with Gasteiger partial charge < -0.3 is 11.1 Å². The van der Waals surface area contributed by atoms with Gasteiger partial charge in [-0.25, -0.2) is 0 Å². The third-order valence-corrected chi connectivity index (χ3v) is 5.42. The van der Waals surface area contributed by atoms with E-state index in [4.69, 9.17) is 5.73 Å². The molecule has 0 radical (unpaired) electrons. The van der Waals surface area contributed by atoms with Gasteiger partial charge in [0.2, 0.25) is 5.91 Å². The summed E-state index contributed by atoms with van der Waals surface area (Å²) >= 11 is 3.17. The summed E-state index contributed by atoms with van der Waals surface area (Å²) in [5.41, 5.74) is 7.39. The summed E-state index contributed by atoms with van der Waals surface area (Å²) in [6, 6.07) is 6.03. The van der Waals surface area contributed by atoms with Crippen LogP contribution in [0.3, 0.4) is 0 Å². The second kappa shape index (κ2) is 11.5. The standard InChI is InChI=1S/C17H24N4OS2.ClH/c1-12-11-14(24-17-21-20-13(2)23-17)8-9-15(12)19-16(22)7-5-3-4-6-10-18;/h8-9,11H,3-7,10,18H2,1-2H3,(H,19,22);1H. The van der Waals surface area contributed by atoms with Gasteiger partial charge in [-0.05, 0) is 57.0 Å². The van der Waals surface area contributed by atoms with Crippen LogP contribution < -0.4 is 11.1 Å². The van der Waals surface area contributed by atoms with Crippen molar-refractivity contribution in [3.8, 4) is 0 Å². The van der Waals surface area contributed by atoms with Gasteiger partial charge in [0.25, 0.3) is 0 Å². The van der Waals surface area contributed by atoms with Crippen molar-refractivity contribution in [1.29, 1.82) is 0 Å². The fraction of sp³-hybridized carbons (Fsp3) is 0.471. The van der Waals surface area contributed by atoms with Crippen LogP contribution in [0.4, 0.5) is 5.69 Å². The lowest BCUT2D eigenvalue weighted by atomic mass is 10.1. The lowest BCUT2D eigenvalue weighted by Crippen LogP contribution is -2.12. The SMILES string of the molecule is Cc1nnc(Sc2ccc(NC(=O)CCCCCCN)c(C)c2)s1.Cl. The minimum atomic E-state index is 0. The average Bonchev–Trinajstić information content (AvgIpc) is 2.95. The normalized spacial score (nSPS) is 10.4. The van der Waals surface area contributed by atoms with Crippen molar-refractivity contribution in [3.63, 3.8) is 0 Å². The Labute approximate surface area is 163 Å². The van der Waals surface area contributed by atoms with Gasteiger partial charge in [0.1, 0.15) is 5.01 Å². The van der Waals surface area contributed by atoms with E-state index in [1.54, 1.807) is 23.1 Å². The van der Waals surface area contributed by atoms with E-state index in [-0.39, 0.29) is 18.3 Å². The Balaban J connectivity index is 0.00000312. The molecular weight excluding hydrogens is 376 g/mol. The molecular formula is C17H25ClN4OS2. The zero-order valence-corrected chi connectivity index (χ0v) is 17.0. The van der Waals surface area contributed by atoms with E-state index in [0.29, 0.717) is 6.42 Å². The number of carbonyl (C=O) groups is 1. The Morgan fingerprint density at radius 1 is 1.20 bits per heavy atom. The number of nitrogens with two attached hydrogens (primary N) is 1. The number of nitrogens with zero attached hydrogens (tertiary/aromatic N) is 2. The van der Waals surface area contributed by atoms with E-state index in [1.807, 2.05) is 26.0 Å². The van der Waals surface area contributed by atoms with Crippen molar-refractivity contribution in [2.45, 2.75) is 55.2 Å². The van der Waals surface area contributed by atoms with Crippen molar-refractivity contribution >= 4 is 47.1 Å². The first-order chi connectivity index (χ1) is 11.6. The maximum absolute atomic E-state index is 12.0. The molecule has 1 heterocycles. The molecule has 0 aliphatic carbocycles. The van der Waals surface area contributed by atoms with Gasteiger partial charge in [-0.1, -0.05) is 35.9 Å². The Hall–Kier alpha value is -1.15. The summed E-state index contributed by atoms with van der Waals surface area (Å²) in [7, 11) is 0. The van der Waals surface area contributed by atoms with Crippen LogP contribution in [0.5, 0.6) is 0 Å². The molecule has 0 aliphatic heterocycles. The lowest BCUT2D eigenvalue weighted by molar-refractivity contribution is -0.116. The predicted molar refractivity (Wildman–Crippen MR) is 108 cm³/mol. The molecule has 2 rings (SSSR count). The first-order valence-electron chi connectivity index (χ1n) is 8.17. The molecule has 0 saturated heterocycles. The molecule has 0 aliphatic rings. The summed E-state index contributed by atoms with van der Waals surface area (Å²) in [6.07, 6.45) is 4.66. The molecule has 0 fully saturated rings. The van der Waals surface area contributed by atoms with Gasteiger partial charge in [-0.15, -0.1) is 22.6 Å². The first-order valence-corrected chi connectivity index (χ1v) is 9.80. The van der Waals surface area contributed by atoms with Crippen LogP contribution in [0.25, 0.3) is 0 Å². The summed E-state index contributed by atoms with van der Waals surface area (Å²) < 4.78 is 0.932. The molecule has 1 amide bonds. The van der Waals surface area contributed by atoms with E-state index in [1.165, 1.54) is 0 Å².